The highest BCUT2D eigenvalue weighted by Crippen LogP contribution is 2.52. The van der Waals surface area contributed by atoms with Crippen molar-refractivity contribution in [3.63, 3.8) is 0 Å². The molecule has 1 aliphatic rings. The molecule has 0 fully saturated rings. The third-order valence-electron chi connectivity index (χ3n) is 7.48. The Morgan fingerprint density at radius 1 is 0.657 bits per heavy atom. The van der Waals surface area contributed by atoms with Crippen molar-refractivity contribution in [1.29, 1.82) is 0 Å². The second-order valence-electron chi connectivity index (χ2n) is 11.7. The van der Waals surface area contributed by atoms with Gasteiger partial charge in [0.2, 0.25) is 0 Å². The maximum Gasteiger partial charge on any atom is 0.0457 e. The number of benzene rings is 4. The van der Waals surface area contributed by atoms with Crippen LogP contribution in [-0.4, -0.2) is 5.54 Å². The van der Waals surface area contributed by atoms with Crippen LogP contribution in [0.25, 0.3) is 22.3 Å². The number of anilines is 2. The first kappa shape index (κ1) is 23.4. The van der Waals surface area contributed by atoms with E-state index in [9.17, 15) is 0 Å². The monoisotopic (exact) mass is 459 g/mol. The van der Waals surface area contributed by atoms with Gasteiger partial charge in [0, 0.05) is 22.3 Å². The summed E-state index contributed by atoms with van der Waals surface area (Å²) in [6, 6.07) is 33.6. The number of nitrogens with zero attached hydrogens (tertiary/aromatic N) is 1. The molecule has 0 N–H and O–H groups in total. The molecular formula is C34H37N. The SMILES string of the molecule is CC(C)c1cc2c(cc1N(c1cccc(-c3ccccc3)c1)C(C)(C)C)-c1ccccc1C2(C)C. The fourth-order valence-corrected chi connectivity index (χ4v) is 5.75. The standard InChI is InChI=1S/C34H37N/c1-23(2)28-21-31-29(27-18-11-12-19-30(27)34(31,6)7)22-32(28)35(33(3,4)5)26-17-13-16-25(20-26)24-14-9-8-10-15-24/h8-23H,1-7H3. The number of rotatable bonds is 4. The van der Waals surface area contributed by atoms with Gasteiger partial charge in [-0.25, -0.2) is 0 Å². The molecule has 5 rings (SSSR count). The molecule has 0 aliphatic heterocycles. The molecular weight excluding hydrogens is 422 g/mol. The highest BCUT2D eigenvalue weighted by atomic mass is 15.2. The smallest absolute Gasteiger partial charge is 0.0457 e. The van der Waals surface area contributed by atoms with Gasteiger partial charge in [-0.05, 0) is 83.8 Å². The van der Waals surface area contributed by atoms with Crippen molar-refractivity contribution in [3.05, 3.63) is 108 Å². The summed E-state index contributed by atoms with van der Waals surface area (Å²) >= 11 is 0. The number of hydrogen-bond donors (Lipinski definition) is 0. The quantitative estimate of drug-likeness (QED) is 0.293. The summed E-state index contributed by atoms with van der Waals surface area (Å²) in [4.78, 5) is 2.54. The van der Waals surface area contributed by atoms with Crippen LogP contribution in [0.4, 0.5) is 11.4 Å². The van der Waals surface area contributed by atoms with Crippen LogP contribution in [0.15, 0.2) is 91.0 Å². The summed E-state index contributed by atoms with van der Waals surface area (Å²) in [6.45, 7) is 16.3. The van der Waals surface area contributed by atoms with Crippen molar-refractivity contribution in [1.82, 2.24) is 0 Å². The summed E-state index contributed by atoms with van der Waals surface area (Å²) in [6.07, 6.45) is 0. The van der Waals surface area contributed by atoms with E-state index in [1.807, 2.05) is 0 Å². The van der Waals surface area contributed by atoms with Crippen molar-refractivity contribution < 1.29 is 0 Å². The maximum atomic E-state index is 2.54. The molecule has 0 spiro atoms. The summed E-state index contributed by atoms with van der Waals surface area (Å²) in [5.74, 6) is 0.414. The van der Waals surface area contributed by atoms with Crippen LogP contribution >= 0.6 is 0 Å². The molecule has 178 valence electrons. The van der Waals surface area contributed by atoms with Gasteiger partial charge in [0.1, 0.15) is 0 Å². The summed E-state index contributed by atoms with van der Waals surface area (Å²) < 4.78 is 0. The van der Waals surface area contributed by atoms with Crippen molar-refractivity contribution in [3.8, 4) is 22.3 Å². The summed E-state index contributed by atoms with van der Waals surface area (Å²) in [7, 11) is 0. The second kappa shape index (κ2) is 8.41. The topological polar surface area (TPSA) is 3.24 Å². The predicted molar refractivity (Wildman–Crippen MR) is 152 cm³/mol. The van der Waals surface area contributed by atoms with E-state index in [0.29, 0.717) is 5.92 Å². The van der Waals surface area contributed by atoms with Crippen LogP contribution in [0, 0.1) is 0 Å². The largest absolute Gasteiger partial charge is 0.336 e. The third-order valence-corrected chi connectivity index (χ3v) is 7.48. The van der Waals surface area contributed by atoms with Crippen molar-refractivity contribution in [2.45, 2.75) is 65.3 Å². The lowest BCUT2D eigenvalue weighted by Gasteiger charge is -2.40. The van der Waals surface area contributed by atoms with Gasteiger partial charge in [-0.15, -0.1) is 0 Å². The molecule has 0 unspecified atom stereocenters. The molecule has 0 saturated carbocycles. The summed E-state index contributed by atoms with van der Waals surface area (Å²) in [5.41, 5.74) is 12.0. The normalized spacial score (nSPS) is 14.1. The molecule has 0 radical (unpaired) electrons. The molecule has 0 amide bonds. The lowest BCUT2D eigenvalue weighted by Crippen LogP contribution is -2.38. The molecule has 4 aromatic carbocycles. The van der Waals surface area contributed by atoms with Crippen molar-refractivity contribution >= 4 is 11.4 Å². The van der Waals surface area contributed by atoms with E-state index in [-0.39, 0.29) is 11.0 Å². The molecule has 1 aliphatic carbocycles. The van der Waals surface area contributed by atoms with E-state index in [4.69, 9.17) is 0 Å². The van der Waals surface area contributed by atoms with Gasteiger partial charge >= 0.3 is 0 Å². The van der Waals surface area contributed by atoms with E-state index < -0.39 is 0 Å². The fourth-order valence-electron chi connectivity index (χ4n) is 5.75. The lowest BCUT2D eigenvalue weighted by molar-refractivity contribution is 0.557. The van der Waals surface area contributed by atoms with Gasteiger partial charge < -0.3 is 4.90 Å². The van der Waals surface area contributed by atoms with E-state index >= 15 is 0 Å². The average Bonchev–Trinajstić information content (AvgIpc) is 3.05. The van der Waals surface area contributed by atoms with Crippen LogP contribution < -0.4 is 4.90 Å². The molecule has 0 heterocycles. The van der Waals surface area contributed by atoms with Gasteiger partial charge in [0.25, 0.3) is 0 Å². The molecule has 35 heavy (non-hydrogen) atoms. The Balaban J connectivity index is 1.75. The molecule has 0 atom stereocenters. The summed E-state index contributed by atoms with van der Waals surface area (Å²) in [5, 5.41) is 0. The minimum atomic E-state index is -0.0964. The van der Waals surface area contributed by atoms with Crippen LogP contribution in [0.1, 0.15) is 71.1 Å². The predicted octanol–water partition coefficient (Wildman–Crippen LogP) is 9.72. The van der Waals surface area contributed by atoms with Gasteiger partial charge in [-0.2, -0.15) is 0 Å². The Labute approximate surface area is 211 Å². The first-order valence-electron chi connectivity index (χ1n) is 12.8. The highest BCUT2D eigenvalue weighted by molar-refractivity contribution is 5.86. The van der Waals surface area contributed by atoms with Crippen LogP contribution in [0.3, 0.4) is 0 Å². The van der Waals surface area contributed by atoms with Crippen LogP contribution in [0.5, 0.6) is 0 Å². The molecule has 0 bridgehead atoms. The molecule has 0 aromatic heterocycles. The van der Waals surface area contributed by atoms with Crippen molar-refractivity contribution in [2.75, 3.05) is 4.90 Å². The first-order valence-corrected chi connectivity index (χ1v) is 12.8. The third kappa shape index (κ3) is 3.97. The zero-order valence-corrected chi connectivity index (χ0v) is 22.2. The van der Waals surface area contributed by atoms with E-state index in [1.165, 1.54) is 50.3 Å². The van der Waals surface area contributed by atoms with Crippen LogP contribution in [0.2, 0.25) is 0 Å². The zero-order valence-electron chi connectivity index (χ0n) is 22.2. The highest BCUT2D eigenvalue weighted by Gasteiger charge is 2.37. The number of fused-ring (bicyclic) bond motifs is 3. The van der Waals surface area contributed by atoms with Gasteiger partial charge in [-0.3, -0.25) is 0 Å². The Hall–Kier alpha value is -3.32. The van der Waals surface area contributed by atoms with E-state index in [1.54, 1.807) is 0 Å². The van der Waals surface area contributed by atoms with E-state index in [2.05, 4.69) is 144 Å². The molecule has 4 aromatic rings. The second-order valence-corrected chi connectivity index (χ2v) is 11.7. The Morgan fingerprint density at radius 2 is 1.31 bits per heavy atom. The van der Waals surface area contributed by atoms with Gasteiger partial charge in [0.15, 0.2) is 0 Å². The molecule has 0 saturated heterocycles. The first-order chi connectivity index (χ1) is 16.6. The zero-order chi connectivity index (χ0) is 25.0. The molecule has 1 heteroatoms. The van der Waals surface area contributed by atoms with Gasteiger partial charge in [-0.1, -0.05) is 100 Å². The van der Waals surface area contributed by atoms with Gasteiger partial charge in [0.05, 0.1) is 0 Å². The maximum absolute atomic E-state index is 2.54. The molecule has 1 nitrogen and oxygen atoms in total. The lowest BCUT2D eigenvalue weighted by atomic mass is 9.80. The Morgan fingerprint density at radius 3 is 2.00 bits per heavy atom. The minimum absolute atomic E-state index is 0.00782. The minimum Gasteiger partial charge on any atom is -0.336 e. The average molecular weight is 460 g/mol. The number of hydrogen-bond acceptors (Lipinski definition) is 1. The van der Waals surface area contributed by atoms with E-state index in [0.717, 1.165) is 0 Å². The Bertz CT molecular complexity index is 1370. The van der Waals surface area contributed by atoms with Crippen LogP contribution in [-0.2, 0) is 5.41 Å². The van der Waals surface area contributed by atoms with Crippen molar-refractivity contribution in [2.24, 2.45) is 0 Å². The fraction of sp³-hybridized carbons (Fsp3) is 0.294. The Kier molecular flexibility index (Phi) is 5.63.